The Morgan fingerprint density at radius 3 is 2.47 bits per heavy atom. The van der Waals surface area contributed by atoms with Gasteiger partial charge < -0.3 is 5.32 Å². The average Bonchev–Trinajstić information content (AvgIpc) is 2.79. The van der Waals surface area contributed by atoms with Gasteiger partial charge in [0.05, 0.1) is 10.6 Å². The maximum Gasteiger partial charge on any atom is 0.180 e. The third kappa shape index (κ3) is 5.14. The van der Waals surface area contributed by atoms with E-state index < -0.39 is 9.84 Å². The van der Waals surface area contributed by atoms with Crippen LogP contribution in [0.5, 0.6) is 0 Å². The lowest BCUT2D eigenvalue weighted by Gasteiger charge is -2.50. The van der Waals surface area contributed by atoms with Crippen LogP contribution in [0.15, 0.2) is 71.9 Å². The number of hydrogen-bond donors (Lipinski definition) is 1. The van der Waals surface area contributed by atoms with Crippen molar-refractivity contribution in [3.63, 3.8) is 0 Å². The fourth-order valence-corrected chi connectivity index (χ4v) is 6.61. The SMILES string of the molecule is Cl.Cl.O=S(=O)(CCc1ccc2c(c1)C(C1(c3ccc(Cl)cc3)CCC1)NCC2)c1cccnc1. The van der Waals surface area contributed by atoms with Crippen LogP contribution in [0.2, 0.25) is 5.02 Å². The zero-order valence-electron chi connectivity index (χ0n) is 18.7. The second kappa shape index (κ2) is 11.0. The molecule has 0 spiro atoms. The van der Waals surface area contributed by atoms with E-state index in [9.17, 15) is 8.42 Å². The summed E-state index contributed by atoms with van der Waals surface area (Å²) in [6, 6.07) is 18.3. The maximum absolute atomic E-state index is 12.7. The van der Waals surface area contributed by atoms with Crippen LogP contribution in [0, 0.1) is 0 Å². The van der Waals surface area contributed by atoms with Crippen molar-refractivity contribution in [2.75, 3.05) is 12.3 Å². The van der Waals surface area contributed by atoms with E-state index in [-0.39, 0.29) is 46.9 Å². The Hall–Kier alpha value is -1.63. The normalized spacial score (nSPS) is 18.6. The minimum Gasteiger partial charge on any atom is -0.309 e. The van der Waals surface area contributed by atoms with Crippen LogP contribution in [0.3, 0.4) is 0 Å². The number of halogens is 3. The van der Waals surface area contributed by atoms with Gasteiger partial charge in [0.1, 0.15) is 0 Å². The van der Waals surface area contributed by atoms with Gasteiger partial charge in [-0.15, -0.1) is 24.8 Å². The third-order valence-corrected chi connectivity index (χ3v) is 9.09. The molecule has 1 aromatic heterocycles. The van der Waals surface area contributed by atoms with E-state index in [0.717, 1.165) is 36.4 Å². The smallest absolute Gasteiger partial charge is 0.180 e. The molecule has 182 valence electrons. The van der Waals surface area contributed by atoms with Crippen LogP contribution in [0.1, 0.15) is 47.6 Å². The lowest BCUT2D eigenvalue weighted by Crippen LogP contribution is -2.49. The number of aryl methyl sites for hydroxylation is 1. The van der Waals surface area contributed by atoms with E-state index in [4.69, 9.17) is 11.6 Å². The number of benzene rings is 2. The van der Waals surface area contributed by atoms with Crippen LogP contribution in [0.25, 0.3) is 0 Å². The summed E-state index contributed by atoms with van der Waals surface area (Å²) in [7, 11) is -3.35. The van der Waals surface area contributed by atoms with Gasteiger partial charge in [-0.25, -0.2) is 8.42 Å². The zero-order valence-corrected chi connectivity index (χ0v) is 21.9. The van der Waals surface area contributed by atoms with Crippen LogP contribution in [-0.2, 0) is 28.1 Å². The Bertz CT molecular complexity index is 1210. The minimum absolute atomic E-state index is 0. The third-order valence-electron chi connectivity index (χ3n) is 7.13. The molecule has 0 amide bonds. The number of aromatic nitrogens is 1. The van der Waals surface area contributed by atoms with Crippen molar-refractivity contribution in [3.05, 3.63) is 94.3 Å². The summed E-state index contributed by atoms with van der Waals surface area (Å²) in [5.74, 6) is 0.0813. The van der Waals surface area contributed by atoms with Crippen LogP contribution in [-0.4, -0.2) is 25.7 Å². The van der Waals surface area contributed by atoms with E-state index in [0.29, 0.717) is 6.42 Å². The molecule has 0 bridgehead atoms. The highest BCUT2D eigenvalue weighted by Crippen LogP contribution is 2.53. The van der Waals surface area contributed by atoms with Gasteiger partial charge in [-0.3, -0.25) is 4.98 Å². The van der Waals surface area contributed by atoms with Gasteiger partial charge >= 0.3 is 0 Å². The van der Waals surface area contributed by atoms with Gasteiger partial charge in [-0.2, -0.15) is 0 Å². The van der Waals surface area contributed by atoms with E-state index in [1.807, 2.05) is 12.1 Å². The standard InChI is InChI=1S/C26H27ClN2O2S.2ClH/c27-22-8-6-21(7-9-22)26(12-2-13-26)25-24-17-19(4-5-20(24)10-15-29-25)11-16-32(30,31)23-3-1-14-28-18-23;;/h1,3-9,14,17-18,25,29H,2,10-13,15-16H2;2*1H. The van der Waals surface area contributed by atoms with E-state index in [1.54, 1.807) is 18.3 Å². The molecule has 0 radical (unpaired) electrons. The molecule has 2 aliphatic rings. The fourth-order valence-electron chi connectivity index (χ4n) is 5.24. The van der Waals surface area contributed by atoms with Gasteiger partial charge in [-0.05, 0) is 78.7 Å². The molecule has 2 heterocycles. The summed E-state index contributed by atoms with van der Waals surface area (Å²) in [5.41, 5.74) is 5.16. The zero-order chi connectivity index (χ0) is 22.2. The number of pyridine rings is 1. The summed E-state index contributed by atoms with van der Waals surface area (Å²) >= 11 is 6.16. The highest BCUT2D eigenvalue weighted by molar-refractivity contribution is 7.91. The van der Waals surface area contributed by atoms with Crippen molar-refractivity contribution < 1.29 is 8.42 Å². The van der Waals surface area contributed by atoms with Crippen LogP contribution >= 0.6 is 36.4 Å². The summed E-state index contributed by atoms with van der Waals surface area (Å²) in [5, 5.41) is 4.56. The summed E-state index contributed by atoms with van der Waals surface area (Å²) < 4.78 is 25.4. The molecule has 1 saturated carbocycles. The molecule has 0 saturated heterocycles. The monoisotopic (exact) mass is 538 g/mol. The summed E-state index contributed by atoms with van der Waals surface area (Å²) in [4.78, 5) is 4.24. The van der Waals surface area contributed by atoms with Gasteiger partial charge in [0.2, 0.25) is 0 Å². The quantitative estimate of drug-likeness (QED) is 0.423. The van der Waals surface area contributed by atoms with Crippen molar-refractivity contribution in [2.24, 2.45) is 0 Å². The Balaban J connectivity index is 0.00000162. The Kier molecular flexibility index (Phi) is 8.70. The van der Waals surface area contributed by atoms with Gasteiger partial charge in [0, 0.05) is 28.9 Å². The first-order chi connectivity index (χ1) is 15.5. The molecular weight excluding hydrogens is 511 g/mol. The predicted octanol–water partition coefficient (Wildman–Crippen LogP) is 5.90. The van der Waals surface area contributed by atoms with Crippen molar-refractivity contribution in [2.45, 2.75) is 48.5 Å². The minimum atomic E-state index is -3.35. The topological polar surface area (TPSA) is 59.1 Å². The molecule has 2 aromatic carbocycles. The second-order valence-electron chi connectivity index (χ2n) is 8.94. The fraction of sp³-hybridized carbons (Fsp3) is 0.346. The van der Waals surface area contributed by atoms with Crippen molar-refractivity contribution in [3.8, 4) is 0 Å². The largest absolute Gasteiger partial charge is 0.309 e. The molecular formula is C26H29Cl3N2O2S. The molecule has 3 aromatic rings. The number of fused-ring (bicyclic) bond motifs is 1. The maximum atomic E-state index is 12.7. The summed E-state index contributed by atoms with van der Waals surface area (Å²) in [6.45, 7) is 0.960. The van der Waals surface area contributed by atoms with E-state index in [2.05, 4.69) is 40.6 Å². The summed E-state index contributed by atoms with van der Waals surface area (Å²) in [6.07, 6.45) is 8.01. The first kappa shape index (κ1) is 27.0. The molecule has 1 atom stereocenters. The predicted molar refractivity (Wildman–Crippen MR) is 142 cm³/mol. The first-order valence-corrected chi connectivity index (χ1v) is 13.2. The van der Waals surface area contributed by atoms with Gasteiger partial charge in [0.15, 0.2) is 9.84 Å². The molecule has 1 aliphatic carbocycles. The van der Waals surface area contributed by atoms with Crippen LogP contribution in [0.4, 0.5) is 0 Å². The van der Waals surface area contributed by atoms with Gasteiger partial charge in [-0.1, -0.05) is 48.4 Å². The number of rotatable bonds is 6. The molecule has 1 fully saturated rings. The molecule has 1 aliphatic heterocycles. The second-order valence-corrected chi connectivity index (χ2v) is 11.5. The van der Waals surface area contributed by atoms with Crippen LogP contribution < -0.4 is 5.32 Å². The number of nitrogens with one attached hydrogen (secondary N) is 1. The van der Waals surface area contributed by atoms with Crippen molar-refractivity contribution in [1.82, 2.24) is 10.3 Å². The highest BCUT2D eigenvalue weighted by atomic mass is 35.5. The molecule has 34 heavy (non-hydrogen) atoms. The number of nitrogens with zero attached hydrogens (tertiary/aromatic N) is 1. The molecule has 4 nitrogen and oxygen atoms in total. The van der Waals surface area contributed by atoms with Gasteiger partial charge in [0.25, 0.3) is 0 Å². The number of hydrogen-bond acceptors (Lipinski definition) is 4. The molecule has 1 unspecified atom stereocenters. The van der Waals surface area contributed by atoms with Crippen molar-refractivity contribution >= 4 is 46.3 Å². The Morgan fingerprint density at radius 1 is 1.06 bits per heavy atom. The first-order valence-electron chi connectivity index (χ1n) is 11.2. The molecule has 5 rings (SSSR count). The lowest BCUT2D eigenvalue weighted by atomic mass is 9.58. The molecule has 1 N–H and O–H groups in total. The highest BCUT2D eigenvalue weighted by Gasteiger charge is 2.47. The molecule has 8 heteroatoms. The number of sulfone groups is 1. The Morgan fingerprint density at radius 2 is 1.82 bits per heavy atom. The average molecular weight is 540 g/mol. The Labute approximate surface area is 219 Å². The van der Waals surface area contributed by atoms with Crippen molar-refractivity contribution in [1.29, 1.82) is 0 Å². The van der Waals surface area contributed by atoms with E-state index in [1.165, 1.54) is 29.3 Å². The van der Waals surface area contributed by atoms with E-state index >= 15 is 0 Å². The lowest BCUT2D eigenvalue weighted by molar-refractivity contribution is 0.164.